The van der Waals surface area contributed by atoms with E-state index < -0.39 is 21.7 Å². The molecule has 0 radical (unpaired) electrons. The van der Waals surface area contributed by atoms with E-state index in [9.17, 15) is 17.6 Å². The van der Waals surface area contributed by atoms with Crippen molar-refractivity contribution in [1.29, 1.82) is 0 Å². The molecule has 0 aromatic heterocycles. The molecule has 0 saturated heterocycles. The monoisotopic (exact) mass is 379 g/mol. The van der Waals surface area contributed by atoms with Gasteiger partial charge in [0.1, 0.15) is 5.82 Å². The molecule has 0 aliphatic carbocycles. The van der Waals surface area contributed by atoms with Gasteiger partial charge in [0.25, 0.3) is 5.91 Å². The number of nitrogens with zero attached hydrogens (tertiary/aromatic N) is 2. The minimum Gasteiger partial charge on any atom is -0.376 e. The van der Waals surface area contributed by atoms with Crippen molar-refractivity contribution >= 4 is 27.3 Å². The maximum absolute atomic E-state index is 13.5. The maximum atomic E-state index is 13.5. The molecule has 140 valence electrons. The lowest BCUT2D eigenvalue weighted by Crippen LogP contribution is -2.23. The summed E-state index contributed by atoms with van der Waals surface area (Å²) in [7, 11) is 2.77. The number of carbonyl (C=O) groups is 1. The molecule has 2 aromatic rings. The maximum Gasteiger partial charge on any atom is 0.256 e. The van der Waals surface area contributed by atoms with Crippen molar-refractivity contribution in [2.45, 2.75) is 11.8 Å². The SMILES string of the molecule is Cc1ccc(F)cc1C(=O)Nc1cc(S(=O)(=O)N(C)C)ccc1N(C)C. The van der Waals surface area contributed by atoms with Gasteiger partial charge < -0.3 is 10.2 Å². The van der Waals surface area contributed by atoms with Gasteiger partial charge in [-0.3, -0.25) is 4.79 Å². The van der Waals surface area contributed by atoms with Crippen molar-refractivity contribution in [1.82, 2.24) is 4.31 Å². The number of amides is 1. The van der Waals surface area contributed by atoms with Crippen LogP contribution in [0.4, 0.5) is 15.8 Å². The second kappa shape index (κ2) is 7.43. The van der Waals surface area contributed by atoms with Crippen LogP contribution in [-0.4, -0.2) is 46.8 Å². The van der Waals surface area contributed by atoms with Gasteiger partial charge in [-0.15, -0.1) is 0 Å². The Morgan fingerprint density at radius 1 is 1.04 bits per heavy atom. The zero-order valence-electron chi connectivity index (χ0n) is 15.4. The molecule has 0 atom stereocenters. The zero-order valence-corrected chi connectivity index (χ0v) is 16.2. The Hall–Kier alpha value is -2.45. The predicted octanol–water partition coefficient (Wildman–Crippen LogP) is 2.70. The van der Waals surface area contributed by atoms with Crippen LogP contribution >= 0.6 is 0 Å². The third kappa shape index (κ3) is 4.03. The number of benzene rings is 2. The molecule has 0 spiro atoms. The molecule has 0 aliphatic rings. The third-order valence-electron chi connectivity index (χ3n) is 3.92. The first kappa shape index (κ1) is 19.9. The number of anilines is 2. The fraction of sp³-hybridized carbons (Fsp3) is 0.278. The van der Waals surface area contributed by atoms with Gasteiger partial charge in [0.2, 0.25) is 10.0 Å². The molecule has 1 amide bonds. The standard InChI is InChI=1S/C18H22FN3O3S/c1-12-6-7-13(19)10-15(12)18(23)20-16-11-14(26(24,25)22(4)5)8-9-17(16)21(2)3/h6-11H,1-5H3,(H,20,23). The van der Waals surface area contributed by atoms with E-state index in [0.717, 1.165) is 10.4 Å². The van der Waals surface area contributed by atoms with Gasteiger partial charge in [0.05, 0.1) is 16.3 Å². The summed E-state index contributed by atoms with van der Waals surface area (Å²) in [6.45, 7) is 1.70. The highest BCUT2D eigenvalue weighted by Crippen LogP contribution is 2.29. The molecule has 0 heterocycles. The molecule has 8 heteroatoms. The Balaban J connectivity index is 2.50. The van der Waals surface area contributed by atoms with Gasteiger partial charge in [-0.1, -0.05) is 6.07 Å². The fourth-order valence-electron chi connectivity index (χ4n) is 2.41. The van der Waals surface area contributed by atoms with E-state index in [1.165, 1.54) is 38.4 Å². The summed E-state index contributed by atoms with van der Waals surface area (Å²) in [5.74, 6) is -1.03. The minimum absolute atomic E-state index is 0.0550. The third-order valence-corrected chi connectivity index (χ3v) is 5.73. The van der Waals surface area contributed by atoms with E-state index in [1.807, 2.05) is 0 Å². The number of rotatable bonds is 5. The van der Waals surface area contributed by atoms with Gasteiger partial charge in [-0.25, -0.2) is 17.1 Å². The van der Waals surface area contributed by atoms with Crippen molar-refractivity contribution in [2.24, 2.45) is 0 Å². The Bertz CT molecular complexity index is 941. The van der Waals surface area contributed by atoms with E-state index in [0.29, 0.717) is 16.9 Å². The molecule has 0 saturated carbocycles. The molecule has 0 unspecified atom stereocenters. The second-order valence-corrected chi connectivity index (χ2v) is 8.43. The van der Waals surface area contributed by atoms with Crippen LogP contribution in [0.5, 0.6) is 0 Å². The molecule has 2 aromatic carbocycles. The first-order chi connectivity index (χ1) is 12.0. The van der Waals surface area contributed by atoms with Gasteiger partial charge in [0.15, 0.2) is 0 Å². The van der Waals surface area contributed by atoms with Crippen LogP contribution in [0.1, 0.15) is 15.9 Å². The first-order valence-electron chi connectivity index (χ1n) is 7.85. The predicted molar refractivity (Wildman–Crippen MR) is 101 cm³/mol. The number of halogens is 1. The Kier molecular flexibility index (Phi) is 5.68. The van der Waals surface area contributed by atoms with Gasteiger partial charge >= 0.3 is 0 Å². The molecule has 26 heavy (non-hydrogen) atoms. The average molecular weight is 379 g/mol. The molecular weight excluding hydrogens is 357 g/mol. The van der Waals surface area contributed by atoms with Crippen LogP contribution < -0.4 is 10.2 Å². The summed E-state index contributed by atoms with van der Waals surface area (Å²) in [4.78, 5) is 14.4. The number of aryl methyl sites for hydroxylation is 1. The first-order valence-corrected chi connectivity index (χ1v) is 9.29. The number of hydrogen-bond acceptors (Lipinski definition) is 4. The topological polar surface area (TPSA) is 69.7 Å². The van der Waals surface area contributed by atoms with Gasteiger partial charge in [-0.2, -0.15) is 0 Å². The normalized spacial score (nSPS) is 11.5. The second-order valence-electron chi connectivity index (χ2n) is 6.27. The van der Waals surface area contributed by atoms with Crippen molar-refractivity contribution in [3.63, 3.8) is 0 Å². The summed E-state index contributed by atoms with van der Waals surface area (Å²) < 4.78 is 39.3. The van der Waals surface area contributed by atoms with Crippen molar-refractivity contribution in [2.75, 3.05) is 38.4 Å². The average Bonchev–Trinajstić information content (AvgIpc) is 2.56. The van der Waals surface area contributed by atoms with Gasteiger partial charge in [-0.05, 0) is 42.8 Å². The molecule has 0 bridgehead atoms. The lowest BCUT2D eigenvalue weighted by Gasteiger charge is -2.20. The highest BCUT2D eigenvalue weighted by molar-refractivity contribution is 7.89. The number of nitrogens with one attached hydrogen (secondary N) is 1. The van der Waals surface area contributed by atoms with Crippen molar-refractivity contribution in [3.05, 3.63) is 53.3 Å². The quantitative estimate of drug-likeness (QED) is 0.867. The summed E-state index contributed by atoms with van der Waals surface area (Å²) in [6.07, 6.45) is 0. The summed E-state index contributed by atoms with van der Waals surface area (Å²) in [5, 5.41) is 2.70. The zero-order chi connectivity index (χ0) is 19.6. The minimum atomic E-state index is -3.65. The van der Waals surface area contributed by atoms with E-state index >= 15 is 0 Å². The van der Waals surface area contributed by atoms with E-state index in [1.54, 1.807) is 32.0 Å². The molecule has 6 nitrogen and oxygen atoms in total. The lowest BCUT2D eigenvalue weighted by atomic mass is 10.1. The fourth-order valence-corrected chi connectivity index (χ4v) is 3.33. The number of sulfonamides is 1. The summed E-state index contributed by atoms with van der Waals surface area (Å²) >= 11 is 0. The van der Waals surface area contributed by atoms with E-state index in [-0.39, 0.29) is 10.5 Å². The van der Waals surface area contributed by atoms with Crippen LogP contribution in [0, 0.1) is 12.7 Å². The van der Waals surface area contributed by atoms with E-state index in [4.69, 9.17) is 0 Å². The van der Waals surface area contributed by atoms with Crippen molar-refractivity contribution < 1.29 is 17.6 Å². The molecular formula is C18H22FN3O3S. The molecule has 2 rings (SSSR count). The number of carbonyl (C=O) groups excluding carboxylic acids is 1. The highest BCUT2D eigenvalue weighted by Gasteiger charge is 2.20. The van der Waals surface area contributed by atoms with Crippen LogP contribution in [-0.2, 0) is 10.0 Å². The summed E-state index contributed by atoms with van der Waals surface area (Å²) in [6, 6.07) is 8.45. The Labute approximate surface area is 153 Å². The van der Waals surface area contributed by atoms with Crippen LogP contribution in [0.25, 0.3) is 0 Å². The number of hydrogen-bond donors (Lipinski definition) is 1. The van der Waals surface area contributed by atoms with Crippen LogP contribution in [0.15, 0.2) is 41.3 Å². The van der Waals surface area contributed by atoms with Gasteiger partial charge in [0, 0.05) is 33.8 Å². The van der Waals surface area contributed by atoms with E-state index in [2.05, 4.69) is 5.32 Å². The van der Waals surface area contributed by atoms with Crippen molar-refractivity contribution in [3.8, 4) is 0 Å². The molecule has 1 N–H and O–H groups in total. The summed E-state index contributed by atoms with van der Waals surface area (Å²) in [5.41, 5.74) is 1.76. The molecule has 0 aliphatic heterocycles. The smallest absolute Gasteiger partial charge is 0.256 e. The Morgan fingerprint density at radius 2 is 1.69 bits per heavy atom. The largest absolute Gasteiger partial charge is 0.376 e. The lowest BCUT2D eigenvalue weighted by molar-refractivity contribution is 0.102. The van der Waals surface area contributed by atoms with Crippen LogP contribution in [0.3, 0.4) is 0 Å². The molecule has 0 fully saturated rings. The van der Waals surface area contributed by atoms with Crippen LogP contribution in [0.2, 0.25) is 0 Å². The highest BCUT2D eigenvalue weighted by atomic mass is 32.2. The Morgan fingerprint density at radius 3 is 2.27 bits per heavy atom.